The number of carbonyl (C=O) groups is 1. The molecule has 0 bridgehead atoms. The zero-order valence-corrected chi connectivity index (χ0v) is 14.1. The van der Waals surface area contributed by atoms with Gasteiger partial charge in [0.15, 0.2) is 10.9 Å². The summed E-state index contributed by atoms with van der Waals surface area (Å²) in [6.07, 6.45) is 1.06. The highest BCUT2D eigenvalue weighted by atomic mass is 35.5. The molecule has 2 heterocycles. The highest BCUT2D eigenvalue weighted by molar-refractivity contribution is 7.14. The number of carbonyl (C=O) groups excluding carboxylic acids is 1. The Hall–Kier alpha value is -2.11. The molecular formula is C17H15ClN2O2S. The number of hydrogen-bond acceptors (Lipinski definition) is 4. The summed E-state index contributed by atoms with van der Waals surface area (Å²) >= 11 is 7.23. The van der Waals surface area contributed by atoms with E-state index in [1.165, 1.54) is 11.3 Å². The fourth-order valence-corrected chi connectivity index (χ4v) is 2.95. The number of aromatic nitrogens is 1. The molecule has 1 aromatic carbocycles. The summed E-state index contributed by atoms with van der Waals surface area (Å²) in [5.74, 6) is 1.48. The summed E-state index contributed by atoms with van der Waals surface area (Å²) in [4.78, 5) is 16.4. The summed E-state index contributed by atoms with van der Waals surface area (Å²) in [5.41, 5.74) is 1.81. The van der Waals surface area contributed by atoms with Crippen LogP contribution in [0.2, 0.25) is 5.02 Å². The van der Waals surface area contributed by atoms with E-state index < -0.39 is 0 Å². The second kappa shape index (κ2) is 6.98. The zero-order chi connectivity index (χ0) is 16.2. The minimum atomic E-state index is -0.0588. The van der Waals surface area contributed by atoms with E-state index in [2.05, 4.69) is 10.3 Å². The molecule has 4 nitrogen and oxygen atoms in total. The Morgan fingerprint density at radius 2 is 2.04 bits per heavy atom. The molecule has 23 heavy (non-hydrogen) atoms. The van der Waals surface area contributed by atoms with Crippen LogP contribution in [0.5, 0.6) is 0 Å². The topological polar surface area (TPSA) is 55.1 Å². The molecule has 0 aliphatic carbocycles. The molecule has 0 aliphatic rings. The number of hydrogen-bond donors (Lipinski definition) is 1. The summed E-state index contributed by atoms with van der Waals surface area (Å²) in [6.45, 7) is 1.88. The normalized spacial score (nSPS) is 10.7. The van der Waals surface area contributed by atoms with Crippen molar-refractivity contribution < 1.29 is 9.21 Å². The second-order valence-corrected chi connectivity index (χ2v) is 6.42. The Balaban J connectivity index is 1.56. The van der Waals surface area contributed by atoms with Gasteiger partial charge in [-0.25, -0.2) is 4.98 Å². The lowest BCUT2D eigenvalue weighted by Gasteiger charge is -2.02. The van der Waals surface area contributed by atoms with Gasteiger partial charge in [0.05, 0.1) is 0 Å². The average Bonchev–Trinajstić information content (AvgIpc) is 3.16. The van der Waals surface area contributed by atoms with Crippen LogP contribution in [-0.4, -0.2) is 10.9 Å². The molecule has 1 amide bonds. The van der Waals surface area contributed by atoms with E-state index >= 15 is 0 Å². The SMILES string of the molecule is Cc1ccc(-c2csc(NC(=O)CCc3ccc(Cl)cc3)n2)o1. The van der Waals surface area contributed by atoms with Crippen LogP contribution in [0.25, 0.3) is 11.5 Å². The van der Waals surface area contributed by atoms with E-state index in [0.717, 1.165) is 17.0 Å². The largest absolute Gasteiger partial charge is 0.460 e. The van der Waals surface area contributed by atoms with E-state index in [1.807, 2.05) is 48.7 Å². The fraction of sp³-hybridized carbons (Fsp3) is 0.176. The first-order valence-electron chi connectivity index (χ1n) is 7.17. The minimum Gasteiger partial charge on any atom is -0.460 e. The van der Waals surface area contributed by atoms with Crippen molar-refractivity contribution in [2.75, 3.05) is 5.32 Å². The van der Waals surface area contributed by atoms with Crippen molar-refractivity contribution in [3.05, 3.63) is 58.1 Å². The van der Waals surface area contributed by atoms with Crippen LogP contribution in [0, 0.1) is 6.92 Å². The molecule has 0 atom stereocenters. The van der Waals surface area contributed by atoms with E-state index in [9.17, 15) is 4.79 Å². The highest BCUT2D eigenvalue weighted by Crippen LogP contribution is 2.26. The van der Waals surface area contributed by atoms with Crippen LogP contribution >= 0.6 is 22.9 Å². The lowest BCUT2D eigenvalue weighted by Crippen LogP contribution is -2.12. The van der Waals surface area contributed by atoms with Gasteiger partial charge in [-0.2, -0.15) is 0 Å². The van der Waals surface area contributed by atoms with Gasteiger partial charge in [-0.3, -0.25) is 4.79 Å². The van der Waals surface area contributed by atoms with Crippen LogP contribution in [0.4, 0.5) is 5.13 Å². The lowest BCUT2D eigenvalue weighted by molar-refractivity contribution is -0.116. The van der Waals surface area contributed by atoms with E-state index in [1.54, 1.807) is 0 Å². The molecule has 0 fully saturated rings. The first-order chi connectivity index (χ1) is 11.1. The molecule has 0 saturated heterocycles. The van der Waals surface area contributed by atoms with Crippen molar-refractivity contribution in [1.29, 1.82) is 0 Å². The van der Waals surface area contributed by atoms with Crippen molar-refractivity contribution in [3.63, 3.8) is 0 Å². The van der Waals surface area contributed by atoms with Crippen molar-refractivity contribution in [2.24, 2.45) is 0 Å². The number of aryl methyl sites for hydroxylation is 2. The van der Waals surface area contributed by atoms with E-state index in [0.29, 0.717) is 28.8 Å². The van der Waals surface area contributed by atoms with Crippen molar-refractivity contribution >= 4 is 34.0 Å². The number of benzene rings is 1. The maximum Gasteiger partial charge on any atom is 0.226 e. The summed E-state index contributed by atoms with van der Waals surface area (Å²) < 4.78 is 5.52. The van der Waals surface area contributed by atoms with E-state index in [-0.39, 0.29) is 5.91 Å². The molecule has 0 spiro atoms. The van der Waals surface area contributed by atoms with Gasteiger partial charge in [-0.1, -0.05) is 23.7 Å². The van der Waals surface area contributed by atoms with Gasteiger partial charge in [-0.15, -0.1) is 11.3 Å². The van der Waals surface area contributed by atoms with Crippen molar-refractivity contribution in [1.82, 2.24) is 4.98 Å². The minimum absolute atomic E-state index is 0.0588. The molecular weight excluding hydrogens is 332 g/mol. The third-order valence-electron chi connectivity index (χ3n) is 3.30. The molecule has 3 aromatic rings. The zero-order valence-electron chi connectivity index (χ0n) is 12.5. The third kappa shape index (κ3) is 4.21. The van der Waals surface area contributed by atoms with Crippen LogP contribution in [0.1, 0.15) is 17.7 Å². The van der Waals surface area contributed by atoms with Gasteiger partial charge in [-0.05, 0) is 43.2 Å². The third-order valence-corrected chi connectivity index (χ3v) is 4.31. The van der Waals surface area contributed by atoms with Gasteiger partial charge < -0.3 is 9.73 Å². The van der Waals surface area contributed by atoms with E-state index in [4.69, 9.17) is 16.0 Å². The van der Waals surface area contributed by atoms with Crippen molar-refractivity contribution in [2.45, 2.75) is 19.8 Å². The molecule has 3 rings (SSSR count). The number of amides is 1. The monoisotopic (exact) mass is 346 g/mol. The van der Waals surface area contributed by atoms with Crippen LogP contribution < -0.4 is 5.32 Å². The lowest BCUT2D eigenvalue weighted by atomic mass is 10.1. The van der Waals surface area contributed by atoms with Gasteiger partial charge in [0.25, 0.3) is 0 Å². The number of halogens is 1. The Morgan fingerprint density at radius 3 is 2.74 bits per heavy atom. The standard InChI is InChI=1S/C17H15ClN2O2S/c1-11-2-8-15(22-11)14-10-23-17(19-14)20-16(21)9-5-12-3-6-13(18)7-4-12/h2-4,6-8,10H,5,9H2,1H3,(H,19,20,21). The number of thiazole rings is 1. The van der Waals surface area contributed by atoms with Crippen LogP contribution in [0.3, 0.4) is 0 Å². The Bertz CT molecular complexity index is 808. The van der Waals surface area contributed by atoms with Crippen LogP contribution in [-0.2, 0) is 11.2 Å². The Morgan fingerprint density at radius 1 is 1.26 bits per heavy atom. The number of furan rings is 1. The molecule has 2 aromatic heterocycles. The van der Waals surface area contributed by atoms with Gasteiger partial charge in [0.1, 0.15) is 11.5 Å². The Kier molecular flexibility index (Phi) is 4.79. The molecule has 118 valence electrons. The molecule has 0 saturated carbocycles. The average molecular weight is 347 g/mol. The number of anilines is 1. The summed E-state index contributed by atoms with van der Waals surface area (Å²) in [5, 5.41) is 5.96. The first-order valence-corrected chi connectivity index (χ1v) is 8.42. The van der Waals surface area contributed by atoms with Gasteiger partial charge >= 0.3 is 0 Å². The summed E-state index contributed by atoms with van der Waals surface area (Å²) in [6, 6.07) is 11.3. The second-order valence-electron chi connectivity index (χ2n) is 5.12. The molecule has 6 heteroatoms. The number of nitrogens with zero attached hydrogens (tertiary/aromatic N) is 1. The highest BCUT2D eigenvalue weighted by Gasteiger charge is 2.10. The number of nitrogens with one attached hydrogen (secondary N) is 1. The van der Waals surface area contributed by atoms with Crippen LogP contribution in [0.15, 0.2) is 46.2 Å². The smallest absolute Gasteiger partial charge is 0.226 e. The Labute approximate surface area is 143 Å². The first kappa shape index (κ1) is 15.8. The van der Waals surface area contributed by atoms with Gasteiger partial charge in [0, 0.05) is 16.8 Å². The maximum absolute atomic E-state index is 12.0. The molecule has 0 radical (unpaired) electrons. The van der Waals surface area contributed by atoms with Crippen molar-refractivity contribution in [3.8, 4) is 11.5 Å². The quantitative estimate of drug-likeness (QED) is 0.712. The maximum atomic E-state index is 12.0. The predicted octanol–water partition coefficient (Wildman–Crippen LogP) is 4.94. The molecule has 0 unspecified atom stereocenters. The summed E-state index contributed by atoms with van der Waals surface area (Å²) in [7, 11) is 0. The van der Waals surface area contributed by atoms with Gasteiger partial charge in [0.2, 0.25) is 5.91 Å². The fourth-order valence-electron chi connectivity index (χ4n) is 2.11. The number of rotatable bonds is 5. The predicted molar refractivity (Wildman–Crippen MR) is 93.0 cm³/mol. The molecule has 1 N–H and O–H groups in total. The molecule has 0 aliphatic heterocycles.